The molecule has 0 bridgehead atoms. The van der Waals surface area contributed by atoms with E-state index in [2.05, 4.69) is 25.2 Å². The second-order valence-electron chi connectivity index (χ2n) is 5.75. The summed E-state index contributed by atoms with van der Waals surface area (Å²) in [5.41, 5.74) is 1.79. The van der Waals surface area contributed by atoms with Crippen molar-refractivity contribution >= 4 is 17.2 Å². The first-order chi connectivity index (χ1) is 10.8. The summed E-state index contributed by atoms with van der Waals surface area (Å²) in [6, 6.07) is 0. The number of aromatic nitrogens is 3. The molecule has 2 aromatic rings. The Hall–Kier alpha value is -1.73. The Balaban J connectivity index is 1.33. The van der Waals surface area contributed by atoms with Gasteiger partial charge in [0.25, 0.3) is 5.91 Å². The number of nitrogens with zero attached hydrogens (tertiary/aromatic N) is 3. The molecule has 6 nitrogen and oxygen atoms in total. The number of imidazole rings is 1. The van der Waals surface area contributed by atoms with Crippen molar-refractivity contribution in [1.82, 2.24) is 25.2 Å². The fourth-order valence-corrected chi connectivity index (χ4v) is 4.18. The number of hydrogen-bond acceptors (Lipinski definition) is 5. The Morgan fingerprint density at radius 1 is 1.41 bits per heavy atom. The fourth-order valence-electron chi connectivity index (χ4n) is 3.02. The van der Waals surface area contributed by atoms with Crippen LogP contribution >= 0.6 is 11.3 Å². The molecule has 4 rings (SSSR count). The lowest BCUT2D eigenvalue weighted by Gasteiger charge is -2.13. The Kier molecular flexibility index (Phi) is 3.67. The molecule has 0 aromatic carbocycles. The van der Waals surface area contributed by atoms with E-state index < -0.39 is 0 Å². The summed E-state index contributed by atoms with van der Waals surface area (Å²) < 4.78 is 2.05. The largest absolute Gasteiger partial charge is 0.350 e. The maximum absolute atomic E-state index is 12.2. The van der Waals surface area contributed by atoms with Crippen LogP contribution in [-0.4, -0.2) is 33.5 Å². The van der Waals surface area contributed by atoms with Crippen LogP contribution in [-0.2, 0) is 32.4 Å². The Bertz CT molecular complexity index is 660. The average molecular weight is 317 g/mol. The summed E-state index contributed by atoms with van der Waals surface area (Å²) in [4.78, 5) is 22.7. The van der Waals surface area contributed by atoms with E-state index in [1.54, 1.807) is 11.3 Å². The van der Waals surface area contributed by atoms with E-state index >= 15 is 0 Å². The maximum atomic E-state index is 12.2. The SMILES string of the molecule is O=C(NCCc1nc2c(s1)CCC2)c1cn2c(n1)CNCC2. The first kappa shape index (κ1) is 13.9. The summed E-state index contributed by atoms with van der Waals surface area (Å²) in [5, 5.41) is 7.34. The average Bonchev–Trinajstić information content (AvgIpc) is 3.20. The first-order valence-electron chi connectivity index (χ1n) is 7.82. The van der Waals surface area contributed by atoms with Gasteiger partial charge in [-0.1, -0.05) is 0 Å². The van der Waals surface area contributed by atoms with E-state index in [1.165, 1.54) is 23.4 Å². The van der Waals surface area contributed by atoms with Crippen LogP contribution in [0.15, 0.2) is 6.20 Å². The molecule has 1 aliphatic carbocycles. The van der Waals surface area contributed by atoms with Gasteiger partial charge in [-0.3, -0.25) is 4.79 Å². The quantitative estimate of drug-likeness (QED) is 0.879. The lowest BCUT2D eigenvalue weighted by molar-refractivity contribution is 0.0949. The highest BCUT2D eigenvalue weighted by molar-refractivity contribution is 7.11. The normalized spacial score (nSPS) is 16.4. The van der Waals surface area contributed by atoms with Gasteiger partial charge in [-0.2, -0.15) is 0 Å². The van der Waals surface area contributed by atoms with Crippen LogP contribution in [0.1, 0.15) is 38.3 Å². The molecular formula is C15H19N5OS. The van der Waals surface area contributed by atoms with Crippen molar-refractivity contribution in [3.05, 3.63) is 33.3 Å². The van der Waals surface area contributed by atoms with Crippen LogP contribution < -0.4 is 10.6 Å². The number of thiazole rings is 1. The van der Waals surface area contributed by atoms with Gasteiger partial charge in [-0.05, 0) is 19.3 Å². The van der Waals surface area contributed by atoms with E-state index in [9.17, 15) is 4.79 Å². The molecule has 0 radical (unpaired) electrons. The van der Waals surface area contributed by atoms with Crippen LogP contribution in [0.2, 0.25) is 0 Å². The van der Waals surface area contributed by atoms with E-state index in [1.807, 2.05) is 6.20 Å². The smallest absolute Gasteiger partial charge is 0.271 e. The van der Waals surface area contributed by atoms with E-state index in [4.69, 9.17) is 0 Å². The third-order valence-corrected chi connectivity index (χ3v) is 5.39. The van der Waals surface area contributed by atoms with Gasteiger partial charge in [0, 0.05) is 37.1 Å². The number of nitrogens with one attached hydrogen (secondary N) is 2. The molecule has 1 aliphatic heterocycles. The zero-order chi connectivity index (χ0) is 14.9. The second kappa shape index (κ2) is 5.81. The number of hydrogen-bond donors (Lipinski definition) is 2. The monoisotopic (exact) mass is 317 g/mol. The van der Waals surface area contributed by atoms with Crippen LogP contribution in [0.4, 0.5) is 0 Å². The molecule has 7 heteroatoms. The number of rotatable bonds is 4. The molecule has 2 aliphatic rings. The van der Waals surface area contributed by atoms with Crippen molar-refractivity contribution in [2.45, 2.75) is 38.8 Å². The van der Waals surface area contributed by atoms with Gasteiger partial charge < -0.3 is 15.2 Å². The summed E-state index contributed by atoms with van der Waals surface area (Å²) in [7, 11) is 0. The summed E-state index contributed by atoms with van der Waals surface area (Å²) in [6.07, 6.45) is 6.19. The molecule has 3 heterocycles. The van der Waals surface area contributed by atoms with E-state index in [-0.39, 0.29) is 5.91 Å². The molecule has 116 valence electrons. The lowest BCUT2D eigenvalue weighted by Crippen LogP contribution is -2.27. The van der Waals surface area contributed by atoms with Gasteiger partial charge in [0.15, 0.2) is 0 Å². The van der Waals surface area contributed by atoms with Crippen LogP contribution in [0.5, 0.6) is 0 Å². The number of aryl methyl sites for hydroxylation is 2. The predicted octanol–water partition coefficient (Wildman–Crippen LogP) is 0.904. The van der Waals surface area contributed by atoms with Crippen LogP contribution in [0.3, 0.4) is 0 Å². The van der Waals surface area contributed by atoms with Gasteiger partial charge in [-0.15, -0.1) is 11.3 Å². The van der Waals surface area contributed by atoms with E-state index in [0.717, 1.165) is 43.3 Å². The van der Waals surface area contributed by atoms with Gasteiger partial charge in [-0.25, -0.2) is 9.97 Å². The van der Waals surface area contributed by atoms with Crippen molar-refractivity contribution in [3.63, 3.8) is 0 Å². The van der Waals surface area contributed by atoms with Crippen LogP contribution in [0, 0.1) is 0 Å². The summed E-state index contributed by atoms with van der Waals surface area (Å²) in [5.74, 6) is 0.846. The third kappa shape index (κ3) is 2.66. The summed E-state index contributed by atoms with van der Waals surface area (Å²) >= 11 is 1.80. The number of carbonyl (C=O) groups is 1. The maximum Gasteiger partial charge on any atom is 0.271 e. The van der Waals surface area contributed by atoms with Gasteiger partial charge in [0.05, 0.1) is 17.2 Å². The first-order valence-corrected chi connectivity index (χ1v) is 8.63. The molecular weight excluding hydrogens is 298 g/mol. The molecule has 2 N–H and O–H groups in total. The van der Waals surface area contributed by atoms with Crippen molar-refractivity contribution in [2.75, 3.05) is 13.1 Å². The van der Waals surface area contributed by atoms with Gasteiger partial charge in [0.2, 0.25) is 0 Å². The molecule has 22 heavy (non-hydrogen) atoms. The van der Waals surface area contributed by atoms with Gasteiger partial charge >= 0.3 is 0 Å². The molecule has 2 aromatic heterocycles. The Labute approximate surface area is 133 Å². The van der Waals surface area contributed by atoms with Crippen molar-refractivity contribution in [1.29, 1.82) is 0 Å². The second-order valence-corrected chi connectivity index (χ2v) is 6.92. The van der Waals surface area contributed by atoms with Crippen molar-refractivity contribution in [3.8, 4) is 0 Å². The highest BCUT2D eigenvalue weighted by atomic mass is 32.1. The summed E-state index contributed by atoms with van der Waals surface area (Å²) in [6.45, 7) is 3.16. The standard InChI is InChI=1S/C15H19N5OS/c21-15(11-9-20-7-6-16-8-13(20)18-11)17-5-4-14-19-10-2-1-3-12(10)22-14/h9,16H,1-8H2,(H,17,21). The number of amides is 1. The fraction of sp³-hybridized carbons (Fsp3) is 0.533. The zero-order valence-electron chi connectivity index (χ0n) is 12.4. The molecule has 0 atom stereocenters. The third-order valence-electron chi connectivity index (χ3n) is 4.17. The molecule has 0 saturated heterocycles. The molecule has 0 unspecified atom stereocenters. The zero-order valence-corrected chi connectivity index (χ0v) is 13.2. The highest BCUT2D eigenvalue weighted by Crippen LogP contribution is 2.27. The minimum Gasteiger partial charge on any atom is -0.350 e. The van der Waals surface area contributed by atoms with Crippen LogP contribution in [0.25, 0.3) is 0 Å². The predicted molar refractivity (Wildman–Crippen MR) is 84.1 cm³/mol. The minimum atomic E-state index is -0.0917. The Morgan fingerprint density at radius 3 is 3.23 bits per heavy atom. The lowest BCUT2D eigenvalue weighted by atomic mass is 10.3. The number of fused-ring (bicyclic) bond motifs is 2. The molecule has 0 spiro atoms. The number of carbonyl (C=O) groups excluding carboxylic acids is 1. The highest BCUT2D eigenvalue weighted by Gasteiger charge is 2.18. The molecule has 1 amide bonds. The topological polar surface area (TPSA) is 71.8 Å². The van der Waals surface area contributed by atoms with Gasteiger partial charge in [0.1, 0.15) is 11.5 Å². The molecule has 0 saturated carbocycles. The Morgan fingerprint density at radius 2 is 2.36 bits per heavy atom. The van der Waals surface area contributed by atoms with Crippen molar-refractivity contribution < 1.29 is 4.79 Å². The minimum absolute atomic E-state index is 0.0917. The van der Waals surface area contributed by atoms with Crippen molar-refractivity contribution in [2.24, 2.45) is 0 Å². The molecule has 0 fully saturated rings. The van der Waals surface area contributed by atoms with E-state index in [0.29, 0.717) is 12.2 Å².